The molecule has 2 aromatic rings. The highest BCUT2D eigenvalue weighted by atomic mass is 16.3. The van der Waals surface area contributed by atoms with Crippen molar-refractivity contribution in [2.24, 2.45) is 5.92 Å². The predicted molar refractivity (Wildman–Crippen MR) is 101 cm³/mol. The van der Waals surface area contributed by atoms with E-state index in [0.29, 0.717) is 22.6 Å². The summed E-state index contributed by atoms with van der Waals surface area (Å²) in [6, 6.07) is 15.5. The molecule has 2 aromatic carbocycles. The minimum absolute atomic E-state index is 0.00369. The molecular weight excluding hydrogens is 324 g/mol. The van der Waals surface area contributed by atoms with Gasteiger partial charge in [-0.25, -0.2) is 0 Å². The maximum absolute atomic E-state index is 12.6. The Bertz CT molecular complexity index is 897. The SMILES string of the molecule is Cc1ccc(C2CCC(C3=C(O)c4ccccc4C(=O)C3=O)CC2)cc1. The molecule has 1 N–H and O–H groups in total. The van der Waals surface area contributed by atoms with Crippen LogP contribution in [0.15, 0.2) is 54.1 Å². The molecule has 4 rings (SSSR count). The molecule has 0 radical (unpaired) electrons. The summed E-state index contributed by atoms with van der Waals surface area (Å²) in [5.41, 5.74) is 3.72. The van der Waals surface area contributed by atoms with Crippen molar-refractivity contribution < 1.29 is 14.7 Å². The number of allylic oxidation sites excluding steroid dienone is 1. The lowest BCUT2D eigenvalue weighted by atomic mass is 9.72. The van der Waals surface area contributed by atoms with Crippen LogP contribution in [0.3, 0.4) is 0 Å². The Labute approximate surface area is 153 Å². The lowest BCUT2D eigenvalue weighted by molar-refractivity contribution is -0.112. The first-order valence-electron chi connectivity index (χ1n) is 9.24. The maximum atomic E-state index is 12.6. The molecule has 1 saturated carbocycles. The summed E-state index contributed by atoms with van der Waals surface area (Å²) in [5.74, 6) is -0.573. The Kier molecular flexibility index (Phi) is 4.23. The van der Waals surface area contributed by atoms with E-state index < -0.39 is 11.6 Å². The molecule has 0 unspecified atom stereocenters. The summed E-state index contributed by atoms with van der Waals surface area (Å²) in [7, 11) is 0. The second kappa shape index (κ2) is 6.56. The van der Waals surface area contributed by atoms with Crippen molar-refractivity contribution in [2.45, 2.75) is 38.5 Å². The number of aryl methyl sites for hydroxylation is 1. The van der Waals surface area contributed by atoms with Crippen molar-refractivity contribution in [3.05, 3.63) is 76.4 Å². The number of Topliss-reactive ketones (excluding diaryl/α,β-unsaturated/α-hetero) is 2. The third kappa shape index (κ3) is 2.78. The van der Waals surface area contributed by atoms with E-state index in [0.717, 1.165) is 25.7 Å². The molecule has 2 aliphatic rings. The van der Waals surface area contributed by atoms with Gasteiger partial charge in [-0.3, -0.25) is 9.59 Å². The molecule has 3 nitrogen and oxygen atoms in total. The number of rotatable bonds is 2. The maximum Gasteiger partial charge on any atom is 0.234 e. The van der Waals surface area contributed by atoms with Gasteiger partial charge in [0.15, 0.2) is 0 Å². The van der Waals surface area contributed by atoms with Gasteiger partial charge >= 0.3 is 0 Å². The number of benzene rings is 2. The van der Waals surface area contributed by atoms with Gasteiger partial charge < -0.3 is 5.11 Å². The first kappa shape index (κ1) is 16.8. The Morgan fingerprint density at radius 1 is 0.769 bits per heavy atom. The zero-order valence-corrected chi connectivity index (χ0v) is 14.9. The van der Waals surface area contributed by atoms with Gasteiger partial charge in [-0.05, 0) is 50.0 Å². The van der Waals surface area contributed by atoms with Crippen LogP contribution >= 0.6 is 0 Å². The molecule has 0 bridgehead atoms. The van der Waals surface area contributed by atoms with Gasteiger partial charge in [0, 0.05) is 16.7 Å². The monoisotopic (exact) mass is 346 g/mol. The standard InChI is InChI=1S/C23H22O3/c1-14-6-8-15(9-7-14)16-10-12-17(13-11-16)20-21(24)18-4-2-3-5-19(18)22(25)23(20)26/h2-9,16-17,24H,10-13H2,1H3. The second-order valence-corrected chi connectivity index (χ2v) is 7.43. The van der Waals surface area contributed by atoms with Crippen molar-refractivity contribution in [2.75, 3.05) is 0 Å². The van der Waals surface area contributed by atoms with Crippen LogP contribution in [0.5, 0.6) is 0 Å². The number of hydrogen-bond donors (Lipinski definition) is 1. The minimum Gasteiger partial charge on any atom is -0.507 e. The lowest BCUT2D eigenvalue weighted by Gasteiger charge is -2.31. The van der Waals surface area contributed by atoms with Crippen molar-refractivity contribution in [1.82, 2.24) is 0 Å². The van der Waals surface area contributed by atoms with E-state index in [-0.39, 0.29) is 11.7 Å². The summed E-state index contributed by atoms with van der Waals surface area (Å²) >= 11 is 0. The Balaban J connectivity index is 1.58. The molecule has 0 aromatic heterocycles. The minimum atomic E-state index is -0.528. The molecule has 0 aliphatic heterocycles. The van der Waals surface area contributed by atoms with Crippen molar-refractivity contribution in [1.29, 1.82) is 0 Å². The number of ketones is 2. The average Bonchev–Trinajstić information content (AvgIpc) is 2.68. The number of hydrogen-bond acceptors (Lipinski definition) is 3. The zero-order chi connectivity index (χ0) is 18.3. The van der Waals surface area contributed by atoms with Crippen LogP contribution in [0.4, 0.5) is 0 Å². The topological polar surface area (TPSA) is 54.4 Å². The summed E-state index contributed by atoms with van der Waals surface area (Å²) < 4.78 is 0. The van der Waals surface area contributed by atoms with Gasteiger partial charge in [-0.2, -0.15) is 0 Å². The van der Waals surface area contributed by atoms with Crippen LogP contribution in [0.2, 0.25) is 0 Å². The highest BCUT2D eigenvalue weighted by Crippen LogP contribution is 2.42. The summed E-state index contributed by atoms with van der Waals surface area (Å²) in [5, 5.41) is 10.7. The van der Waals surface area contributed by atoms with E-state index in [9.17, 15) is 14.7 Å². The van der Waals surface area contributed by atoms with E-state index >= 15 is 0 Å². The highest BCUT2D eigenvalue weighted by Gasteiger charge is 2.38. The molecule has 0 amide bonds. The fourth-order valence-corrected chi connectivity index (χ4v) is 4.32. The van der Waals surface area contributed by atoms with Gasteiger partial charge in [0.25, 0.3) is 0 Å². The largest absolute Gasteiger partial charge is 0.507 e. The summed E-state index contributed by atoms with van der Waals surface area (Å²) in [4.78, 5) is 25.1. The average molecular weight is 346 g/mol. The van der Waals surface area contributed by atoms with Crippen LogP contribution < -0.4 is 0 Å². The van der Waals surface area contributed by atoms with E-state index in [1.54, 1.807) is 24.3 Å². The molecule has 132 valence electrons. The molecule has 0 saturated heterocycles. The fourth-order valence-electron chi connectivity index (χ4n) is 4.32. The van der Waals surface area contributed by atoms with E-state index in [2.05, 4.69) is 31.2 Å². The normalized spacial score (nSPS) is 23.1. The molecule has 0 spiro atoms. The summed E-state index contributed by atoms with van der Waals surface area (Å²) in [6.07, 6.45) is 3.57. The highest BCUT2D eigenvalue weighted by molar-refractivity contribution is 6.52. The Morgan fingerprint density at radius 3 is 2.00 bits per heavy atom. The summed E-state index contributed by atoms with van der Waals surface area (Å²) in [6.45, 7) is 2.08. The molecular formula is C23H22O3. The lowest BCUT2D eigenvalue weighted by Crippen LogP contribution is -2.29. The molecule has 2 aliphatic carbocycles. The van der Waals surface area contributed by atoms with Gasteiger partial charge in [0.2, 0.25) is 11.6 Å². The molecule has 1 fully saturated rings. The molecule has 26 heavy (non-hydrogen) atoms. The molecule has 0 atom stereocenters. The Morgan fingerprint density at radius 2 is 1.35 bits per heavy atom. The van der Waals surface area contributed by atoms with Crippen LogP contribution in [-0.4, -0.2) is 16.7 Å². The number of aliphatic hydroxyl groups is 1. The fraction of sp³-hybridized carbons (Fsp3) is 0.304. The van der Waals surface area contributed by atoms with Crippen molar-refractivity contribution in [3.8, 4) is 0 Å². The zero-order valence-electron chi connectivity index (χ0n) is 14.9. The Hall–Kier alpha value is -2.68. The number of fused-ring (bicyclic) bond motifs is 1. The van der Waals surface area contributed by atoms with Gasteiger partial charge in [-0.1, -0.05) is 54.1 Å². The van der Waals surface area contributed by atoms with E-state index in [1.807, 2.05) is 0 Å². The van der Waals surface area contributed by atoms with Gasteiger partial charge in [-0.15, -0.1) is 0 Å². The van der Waals surface area contributed by atoms with Gasteiger partial charge in [0.1, 0.15) is 5.76 Å². The van der Waals surface area contributed by atoms with Crippen LogP contribution in [-0.2, 0) is 4.79 Å². The van der Waals surface area contributed by atoms with E-state index in [1.165, 1.54) is 11.1 Å². The smallest absolute Gasteiger partial charge is 0.234 e. The number of carbonyl (C=O) groups excluding carboxylic acids is 2. The third-order valence-electron chi connectivity index (χ3n) is 5.82. The third-order valence-corrected chi connectivity index (χ3v) is 5.82. The second-order valence-electron chi connectivity index (χ2n) is 7.43. The quantitative estimate of drug-likeness (QED) is 0.778. The predicted octanol–water partition coefficient (Wildman–Crippen LogP) is 5.00. The van der Waals surface area contributed by atoms with Crippen LogP contribution in [0, 0.1) is 12.8 Å². The molecule has 3 heteroatoms. The number of aliphatic hydroxyl groups excluding tert-OH is 1. The first-order valence-corrected chi connectivity index (χ1v) is 9.24. The van der Waals surface area contributed by atoms with E-state index in [4.69, 9.17) is 0 Å². The van der Waals surface area contributed by atoms with Crippen LogP contribution in [0.25, 0.3) is 5.76 Å². The van der Waals surface area contributed by atoms with Crippen molar-refractivity contribution >= 4 is 17.3 Å². The number of carbonyl (C=O) groups is 2. The van der Waals surface area contributed by atoms with Crippen molar-refractivity contribution in [3.63, 3.8) is 0 Å². The van der Waals surface area contributed by atoms with Gasteiger partial charge in [0.05, 0.1) is 0 Å². The van der Waals surface area contributed by atoms with Crippen LogP contribution in [0.1, 0.15) is 58.6 Å². The molecule has 0 heterocycles. The first-order chi connectivity index (χ1) is 12.6.